The number of carbonyl (C=O) groups excluding carboxylic acids is 3. The van der Waals surface area contributed by atoms with Gasteiger partial charge in [-0.2, -0.15) is 8.42 Å². The number of amides is 3. The van der Waals surface area contributed by atoms with Gasteiger partial charge in [-0.25, -0.2) is 0 Å². The van der Waals surface area contributed by atoms with Crippen LogP contribution in [0.2, 0.25) is 0 Å². The smallest absolute Gasteiger partial charge is 0.312 e. The minimum Gasteiger partial charge on any atom is -0.342 e. The molecule has 23 heavy (non-hydrogen) atoms. The molecule has 1 N–H and O–H groups in total. The van der Waals surface area contributed by atoms with Gasteiger partial charge in [0.2, 0.25) is 6.41 Å². The van der Waals surface area contributed by atoms with Crippen molar-refractivity contribution in [3.8, 4) is 0 Å². The van der Waals surface area contributed by atoms with E-state index in [-0.39, 0.29) is 39.3 Å². The summed E-state index contributed by atoms with van der Waals surface area (Å²) in [5.74, 6) is -1.81. The zero-order valence-electron chi connectivity index (χ0n) is 12.6. The third-order valence-electron chi connectivity index (χ3n) is 3.94. The average Bonchev–Trinajstić information content (AvgIpc) is 2.46. The third kappa shape index (κ3) is 4.88. The number of carbonyl (C=O) groups is 3. The van der Waals surface area contributed by atoms with Crippen molar-refractivity contribution in [1.82, 2.24) is 19.6 Å². The van der Waals surface area contributed by atoms with Crippen LogP contribution in [0.25, 0.3) is 0 Å². The maximum Gasteiger partial charge on any atom is 0.312 e. The summed E-state index contributed by atoms with van der Waals surface area (Å²) >= 11 is 0. The van der Waals surface area contributed by atoms with E-state index < -0.39 is 27.8 Å². The molecule has 3 aliphatic heterocycles. The summed E-state index contributed by atoms with van der Waals surface area (Å²) in [6, 6.07) is 0. The van der Waals surface area contributed by atoms with E-state index in [1.807, 2.05) is 0 Å². The Balaban J connectivity index is 2.15. The van der Waals surface area contributed by atoms with Gasteiger partial charge in [0.1, 0.15) is 5.88 Å². The van der Waals surface area contributed by atoms with Crippen molar-refractivity contribution in [1.29, 1.82) is 0 Å². The van der Waals surface area contributed by atoms with Crippen LogP contribution in [0.15, 0.2) is 0 Å². The fourth-order valence-corrected chi connectivity index (χ4v) is 3.33. The van der Waals surface area contributed by atoms with Crippen LogP contribution < -0.4 is 0 Å². The first-order valence-electron chi connectivity index (χ1n) is 7.25. The molecule has 0 aromatic heterocycles. The van der Waals surface area contributed by atoms with Crippen LogP contribution in [0.4, 0.5) is 0 Å². The van der Waals surface area contributed by atoms with Gasteiger partial charge in [-0.3, -0.25) is 23.8 Å². The fraction of sp³-hybridized carbons (Fsp3) is 0.750. The second kappa shape index (κ2) is 7.23. The van der Waals surface area contributed by atoms with Gasteiger partial charge in [0.15, 0.2) is 0 Å². The predicted octanol–water partition coefficient (Wildman–Crippen LogP) is -2.72. The largest absolute Gasteiger partial charge is 0.342 e. The minimum absolute atomic E-state index is 0.186. The van der Waals surface area contributed by atoms with Gasteiger partial charge in [-0.05, 0) is 0 Å². The Labute approximate surface area is 134 Å². The summed E-state index contributed by atoms with van der Waals surface area (Å²) < 4.78 is 31.2. The Morgan fingerprint density at radius 2 is 1.30 bits per heavy atom. The Morgan fingerprint density at radius 1 is 0.870 bits per heavy atom. The second-order valence-corrected chi connectivity index (χ2v) is 6.98. The molecule has 0 saturated carbocycles. The van der Waals surface area contributed by atoms with Gasteiger partial charge in [0.05, 0.1) is 0 Å². The first-order chi connectivity index (χ1) is 10.8. The molecule has 10 nitrogen and oxygen atoms in total. The van der Waals surface area contributed by atoms with Crippen molar-refractivity contribution in [2.24, 2.45) is 0 Å². The van der Waals surface area contributed by atoms with Crippen molar-refractivity contribution in [2.75, 3.05) is 58.2 Å². The highest BCUT2D eigenvalue weighted by atomic mass is 32.2. The summed E-state index contributed by atoms with van der Waals surface area (Å²) in [6.07, 6.45) is 0.625. The molecule has 0 aliphatic carbocycles. The van der Waals surface area contributed by atoms with E-state index in [0.717, 1.165) is 0 Å². The highest BCUT2D eigenvalue weighted by Gasteiger charge is 2.33. The SMILES string of the molecule is O=CN1CCN(CS(=O)(=O)O)CCN2CCN(CC1)C(=O)C2=O. The Kier molecular flexibility index (Phi) is 5.55. The molecular weight excluding hydrogens is 328 g/mol. The van der Waals surface area contributed by atoms with E-state index in [1.165, 1.54) is 19.6 Å². The predicted molar refractivity (Wildman–Crippen MR) is 78.8 cm³/mol. The number of hydrogen-bond acceptors (Lipinski definition) is 6. The number of nitrogens with zero attached hydrogens (tertiary/aromatic N) is 4. The lowest BCUT2D eigenvalue weighted by molar-refractivity contribution is -0.156. The van der Waals surface area contributed by atoms with Crippen LogP contribution in [0.3, 0.4) is 0 Å². The van der Waals surface area contributed by atoms with Gasteiger partial charge >= 0.3 is 11.8 Å². The van der Waals surface area contributed by atoms with Crippen LogP contribution >= 0.6 is 0 Å². The first-order valence-corrected chi connectivity index (χ1v) is 8.86. The lowest BCUT2D eigenvalue weighted by atomic mass is 10.2. The van der Waals surface area contributed by atoms with Crippen LogP contribution in [0.5, 0.6) is 0 Å². The Morgan fingerprint density at radius 3 is 1.83 bits per heavy atom. The summed E-state index contributed by atoms with van der Waals surface area (Å²) in [5.41, 5.74) is 0. The highest BCUT2D eigenvalue weighted by molar-refractivity contribution is 7.85. The first kappa shape index (κ1) is 17.6. The van der Waals surface area contributed by atoms with Crippen molar-refractivity contribution in [3.05, 3.63) is 0 Å². The number of rotatable bonds is 3. The monoisotopic (exact) mass is 348 g/mol. The fourth-order valence-electron chi connectivity index (χ4n) is 2.61. The molecule has 3 aliphatic rings. The number of hydrogen-bond donors (Lipinski definition) is 1. The molecule has 0 aromatic rings. The Bertz CT molecular complexity index is 580. The van der Waals surface area contributed by atoms with Crippen molar-refractivity contribution in [3.63, 3.8) is 0 Å². The molecule has 3 amide bonds. The lowest BCUT2D eigenvalue weighted by Crippen LogP contribution is -2.57. The van der Waals surface area contributed by atoms with E-state index in [1.54, 1.807) is 0 Å². The van der Waals surface area contributed by atoms with Crippen LogP contribution in [0.1, 0.15) is 0 Å². The van der Waals surface area contributed by atoms with Gasteiger partial charge in [0, 0.05) is 52.4 Å². The molecule has 3 rings (SSSR count). The topological polar surface area (TPSA) is 119 Å². The molecule has 11 heteroatoms. The molecule has 0 spiro atoms. The van der Waals surface area contributed by atoms with Gasteiger partial charge in [-0.1, -0.05) is 0 Å². The van der Waals surface area contributed by atoms with Gasteiger partial charge in [0.25, 0.3) is 10.1 Å². The van der Waals surface area contributed by atoms with Crippen molar-refractivity contribution in [2.45, 2.75) is 0 Å². The molecule has 3 heterocycles. The zero-order valence-corrected chi connectivity index (χ0v) is 13.4. The summed E-state index contributed by atoms with van der Waals surface area (Å²) in [7, 11) is -4.21. The molecule has 3 saturated heterocycles. The third-order valence-corrected chi connectivity index (χ3v) is 4.63. The molecule has 2 bridgehead atoms. The molecule has 3 fully saturated rings. The maximum atomic E-state index is 12.0. The van der Waals surface area contributed by atoms with E-state index in [4.69, 9.17) is 4.55 Å². The van der Waals surface area contributed by atoms with Crippen LogP contribution in [-0.4, -0.2) is 109 Å². The molecule has 0 unspecified atom stereocenters. The van der Waals surface area contributed by atoms with E-state index in [9.17, 15) is 22.8 Å². The molecule has 0 atom stereocenters. The maximum absolute atomic E-state index is 12.0. The van der Waals surface area contributed by atoms with Crippen molar-refractivity contribution >= 4 is 28.3 Å². The van der Waals surface area contributed by atoms with Gasteiger partial charge in [-0.15, -0.1) is 0 Å². The van der Waals surface area contributed by atoms with E-state index >= 15 is 0 Å². The highest BCUT2D eigenvalue weighted by Crippen LogP contribution is 2.07. The normalized spacial score (nSPS) is 22.0. The minimum atomic E-state index is -4.21. The molecular formula is C12H20N4O6S. The van der Waals surface area contributed by atoms with Crippen LogP contribution in [0, 0.1) is 0 Å². The number of fused-ring (bicyclic) bond motifs is 9. The zero-order chi connectivity index (χ0) is 17.0. The van der Waals surface area contributed by atoms with Crippen molar-refractivity contribution < 1.29 is 27.4 Å². The van der Waals surface area contributed by atoms with Crippen LogP contribution in [-0.2, 0) is 24.5 Å². The summed E-state index contributed by atoms with van der Waals surface area (Å²) in [4.78, 5) is 40.8. The average molecular weight is 348 g/mol. The molecule has 0 aromatic carbocycles. The molecule has 130 valence electrons. The molecule has 0 radical (unpaired) electrons. The standard InChI is InChI=1S/C12H20N4O6S/c17-9-13-1-2-14(10-23(20,21)22)4-6-16-8-7-15(5-3-13)11(18)12(16)19/h9H,1-8,10H2,(H,20,21,22). The lowest BCUT2D eigenvalue weighted by Gasteiger charge is -2.37. The van der Waals surface area contributed by atoms with E-state index in [2.05, 4.69) is 0 Å². The number of piperazine rings is 1. The summed E-state index contributed by atoms with van der Waals surface area (Å²) in [6.45, 7) is 2.17. The summed E-state index contributed by atoms with van der Waals surface area (Å²) in [5, 5.41) is 0. The second-order valence-electron chi connectivity index (χ2n) is 5.55. The Hall–Kier alpha value is -1.72. The quantitative estimate of drug-likeness (QED) is 0.334. The van der Waals surface area contributed by atoms with E-state index in [0.29, 0.717) is 19.5 Å². The van der Waals surface area contributed by atoms with Gasteiger partial charge < -0.3 is 14.7 Å².